The first-order valence-corrected chi connectivity index (χ1v) is 9.95. The lowest BCUT2D eigenvalue weighted by Crippen LogP contribution is -2.15. The van der Waals surface area contributed by atoms with Gasteiger partial charge in [0.2, 0.25) is 5.91 Å². The van der Waals surface area contributed by atoms with Gasteiger partial charge in [0, 0.05) is 0 Å². The number of aryl methyl sites for hydroxylation is 2. The van der Waals surface area contributed by atoms with E-state index in [1.807, 2.05) is 26.0 Å². The van der Waals surface area contributed by atoms with Crippen LogP contribution in [0, 0.1) is 19.7 Å². The first-order valence-electron chi connectivity index (χ1n) is 8.96. The Morgan fingerprint density at radius 3 is 2.79 bits per heavy atom. The molecule has 6 nitrogen and oxygen atoms in total. The minimum atomic E-state index is -0.468. The van der Waals surface area contributed by atoms with Crippen LogP contribution in [0.25, 0.3) is 16.7 Å². The fourth-order valence-electron chi connectivity index (χ4n) is 3.04. The first kappa shape index (κ1) is 19.1. The van der Waals surface area contributed by atoms with E-state index >= 15 is 0 Å². The molecule has 0 fully saturated rings. The summed E-state index contributed by atoms with van der Waals surface area (Å²) in [6.07, 6.45) is 3.16. The molecule has 0 unspecified atom stereocenters. The summed E-state index contributed by atoms with van der Waals surface area (Å²) in [5, 5.41) is 8.46. The zero-order chi connectivity index (χ0) is 20.4. The summed E-state index contributed by atoms with van der Waals surface area (Å²) in [4.78, 5) is 20.9. The number of anilines is 1. The third-order valence-corrected chi connectivity index (χ3v) is 5.40. The number of carbonyl (C=O) groups is 1. The highest BCUT2D eigenvalue weighted by atomic mass is 32.2. The molecule has 2 aromatic heterocycles. The molecule has 0 saturated carbocycles. The van der Waals surface area contributed by atoms with Gasteiger partial charge >= 0.3 is 0 Å². The van der Waals surface area contributed by atoms with Crippen molar-refractivity contribution >= 4 is 34.4 Å². The predicted octanol–water partition coefficient (Wildman–Crippen LogP) is 4.30. The van der Waals surface area contributed by atoms with Gasteiger partial charge in [-0.25, -0.2) is 19.0 Å². The highest BCUT2D eigenvalue weighted by Gasteiger charge is 2.14. The van der Waals surface area contributed by atoms with Crippen LogP contribution in [0.5, 0.6) is 0 Å². The van der Waals surface area contributed by atoms with Crippen LogP contribution in [0.4, 0.5) is 10.1 Å². The molecule has 0 aliphatic heterocycles. The molecule has 1 N–H and O–H groups in total. The van der Waals surface area contributed by atoms with Crippen LogP contribution in [0.2, 0.25) is 0 Å². The number of aromatic nitrogens is 4. The van der Waals surface area contributed by atoms with Crippen LogP contribution >= 0.6 is 11.8 Å². The summed E-state index contributed by atoms with van der Waals surface area (Å²) in [7, 11) is 0. The molecule has 0 radical (unpaired) electrons. The normalized spacial score (nSPS) is 11.0. The summed E-state index contributed by atoms with van der Waals surface area (Å²) in [6.45, 7) is 4.07. The van der Waals surface area contributed by atoms with Crippen molar-refractivity contribution in [3.8, 4) is 5.69 Å². The van der Waals surface area contributed by atoms with Gasteiger partial charge in [-0.05, 0) is 37.6 Å². The maximum Gasteiger partial charge on any atom is 0.234 e. The monoisotopic (exact) mass is 407 g/mol. The number of halogens is 1. The van der Waals surface area contributed by atoms with Crippen molar-refractivity contribution in [3.63, 3.8) is 0 Å². The maximum absolute atomic E-state index is 13.7. The van der Waals surface area contributed by atoms with E-state index in [0.717, 1.165) is 16.6 Å². The summed E-state index contributed by atoms with van der Waals surface area (Å²) in [6, 6.07) is 12.2. The first-order chi connectivity index (χ1) is 14.0. The summed E-state index contributed by atoms with van der Waals surface area (Å²) >= 11 is 1.26. The standard InChI is InChI=1S/C21H18FN5OS/c1-13-7-8-18(14(2)9-13)27-20-15(10-25-27)21(24-12-23-20)29-11-19(28)26-17-6-4-3-5-16(17)22/h3-10,12H,11H2,1-2H3,(H,26,28). The third kappa shape index (κ3) is 3.97. The van der Waals surface area contributed by atoms with E-state index in [2.05, 4.69) is 26.4 Å². The quantitative estimate of drug-likeness (QED) is 0.394. The molecule has 2 aromatic carbocycles. The van der Waals surface area contributed by atoms with Gasteiger partial charge < -0.3 is 5.32 Å². The van der Waals surface area contributed by atoms with Crippen molar-refractivity contribution in [1.82, 2.24) is 19.7 Å². The Labute approximate surface area is 171 Å². The average molecular weight is 407 g/mol. The number of carbonyl (C=O) groups excluding carboxylic acids is 1. The zero-order valence-electron chi connectivity index (χ0n) is 15.9. The van der Waals surface area contributed by atoms with Crippen LogP contribution in [-0.2, 0) is 4.79 Å². The number of nitrogens with zero attached hydrogens (tertiary/aromatic N) is 4. The molecule has 2 heterocycles. The summed E-state index contributed by atoms with van der Waals surface area (Å²) in [5.41, 5.74) is 4.04. The largest absolute Gasteiger partial charge is 0.323 e. The molecular weight excluding hydrogens is 389 g/mol. The fourth-order valence-corrected chi connectivity index (χ4v) is 3.80. The van der Waals surface area contributed by atoms with Gasteiger partial charge in [-0.2, -0.15) is 5.10 Å². The predicted molar refractivity (Wildman–Crippen MR) is 112 cm³/mol. The lowest BCUT2D eigenvalue weighted by molar-refractivity contribution is -0.113. The van der Waals surface area contributed by atoms with Crippen LogP contribution in [0.1, 0.15) is 11.1 Å². The number of fused-ring (bicyclic) bond motifs is 1. The fraction of sp³-hybridized carbons (Fsp3) is 0.143. The van der Waals surface area contributed by atoms with Gasteiger partial charge in [-0.3, -0.25) is 4.79 Å². The van der Waals surface area contributed by atoms with Crippen molar-refractivity contribution in [1.29, 1.82) is 0 Å². The Balaban J connectivity index is 1.55. The van der Waals surface area contributed by atoms with E-state index in [9.17, 15) is 9.18 Å². The second kappa shape index (κ2) is 8.00. The molecule has 146 valence electrons. The van der Waals surface area contributed by atoms with E-state index in [1.54, 1.807) is 23.0 Å². The van der Waals surface area contributed by atoms with Gasteiger partial charge in [0.1, 0.15) is 17.2 Å². The molecule has 1 amide bonds. The van der Waals surface area contributed by atoms with Gasteiger partial charge in [0.05, 0.1) is 28.7 Å². The van der Waals surface area contributed by atoms with E-state index in [-0.39, 0.29) is 17.3 Å². The van der Waals surface area contributed by atoms with Gasteiger partial charge in [-0.15, -0.1) is 0 Å². The number of para-hydroxylation sites is 1. The maximum atomic E-state index is 13.7. The molecule has 8 heteroatoms. The molecule has 4 aromatic rings. The van der Waals surface area contributed by atoms with E-state index in [0.29, 0.717) is 10.7 Å². The van der Waals surface area contributed by atoms with Gasteiger partial charge in [-0.1, -0.05) is 41.6 Å². The second-order valence-corrected chi connectivity index (χ2v) is 7.54. The van der Waals surface area contributed by atoms with Crippen molar-refractivity contribution in [2.45, 2.75) is 18.9 Å². The topological polar surface area (TPSA) is 72.7 Å². The van der Waals surface area contributed by atoms with E-state index in [4.69, 9.17) is 0 Å². The smallest absolute Gasteiger partial charge is 0.234 e. The molecule has 4 rings (SSSR count). The lowest BCUT2D eigenvalue weighted by atomic mass is 10.1. The van der Waals surface area contributed by atoms with Crippen molar-refractivity contribution in [2.75, 3.05) is 11.1 Å². The second-order valence-electron chi connectivity index (χ2n) is 6.58. The molecular formula is C21H18FN5OS. The third-order valence-electron chi connectivity index (χ3n) is 4.40. The van der Waals surface area contributed by atoms with E-state index < -0.39 is 5.82 Å². The summed E-state index contributed by atoms with van der Waals surface area (Å²) in [5.74, 6) is -0.687. The van der Waals surface area contributed by atoms with Crippen LogP contribution in [0.15, 0.2) is 60.0 Å². The number of rotatable bonds is 5. The number of thioether (sulfide) groups is 1. The highest BCUT2D eigenvalue weighted by molar-refractivity contribution is 8.00. The minimum absolute atomic E-state index is 0.0924. The molecule has 0 bridgehead atoms. The number of amides is 1. The van der Waals surface area contributed by atoms with Crippen LogP contribution in [-0.4, -0.2) is 31.4 Å². The molecule has 0 aliphatic carbocycles. The van der Waals surface area contributed by atoms with Gasteiger partial charge in [0.25, 0.3) is 0 Å². The Kier molecular flexibility index (Phi) is 5.26. The minimum Gasteiger partial charge on any atom is -0.323 e. The number of benzene rings is 2. The molecule has 0 atom stereocenters. The Morgan fingerprint density at radius 1 is 1.17 bits per heavy atom. The molecule has 29 heavy (non-hydrogen) atoms. The zero-order valence-corrected chi connectivity index (χ0v) is 16.7. The van der Waals surface area contributed by atoms with E-state index in [1.165, 1.54) is 35.8 Å². The molecule has 0 aliphatic rings. The SMILES string of the molecule is Cc1ccc(-n2ncc3c(SCC(=O)Nc4ccccc4F)ncnc32)c(C)c1. The van der Waals surface area contributed by atoms with Crippen molar-refractivity contribution in [3.05, 3.63) is 71.9 Å². The van der Waals surface area contributed by atoms with Gasteiger partial charge in [0.15, 0.2) is 5.65 Å². The summed E-state index contributed by atoms with van der Waals surface area (Å²) < 4.78 is 15.5. The number of hydrogen-bond donors (Lipinski definition) is 1. The lowest BCUT2D eigenvalue weighted by Gasteiger charge is -2.08. The van der Waals surface area contributed by atoms with Crippen LogP contribution < -0.4 is 5.32 Å². The average Bonchev–Trinajstić information content (AvgIpc) is 3.13. The Morgan fingerprint density at radius 2 is 2.00 bits per heavy atom. The molecule has 0 spiro atoms. The highest BCUT2D eigenvalue weighted by Crippen LogP contribution is 2.27. The Hall–Kier alpha value is -3.26. The van der Waals surface area contributed by atoms with Crippen LogP contribution in [0.3, 0.4) is 0 Å². The number of hydrogen-bond acceptors (Lipinski definition) is 5. The van der Waals surface area contributed by atoms with Crippen molar-refractivity contribution in [2.24, 2.45) is 0 Å². The molecule has 0 saturated heterocycles. The van der Waals surface area contributed by atoms with Crippen molar-refractivity contribution < 1.29 is 9.18 Å². The number of nitrogens with one attached hydrogen (secondary N) is 1. The Bertz CT molecular complexity index is 1210.